The number of carbonyl (C=O) groups is 1. The summed E-state index contributed by atoms with van der Waals surface area (Å²) in [5, 5.41) is 12.8. The van der Waals surface area contributed by atoms with Gasteiger partial charge in [-0.1, -0.05) is 25.4 Å². The van der Waals surface area contributed by atoms with Crippen molar-refractivity contribution in [2.75, 3.05) is 6.54 Å². The Bertz CT molecular complexity index is 495. The predicted octanol–water partition coefficient (Wildman–Crippen LogP) is 3.48. The third-order valence-corrected chi connectivity index (χ3v) is 3.72. The Morgan fingerprint density at radius 1 is 1.35 bits per heavy atom. The van der Waals surface area contributed by atoms with Crippen LogP contribution in [0.3, 0.4) is 0 Å². The van der Waals surface area contributed by atoms with E-state index in [1.54, 1.807) is 6.92 Å². The molecule has 1 aromatic carbocycles. The number of nitrogens with one attached hydrogen (secondary N) is 1. The summed E-state index contributed by atoms with van der Waals surface area (Å²) in [5.74, 6) is -0.170. The average Bonchev–Trinajstić information content (AvgIpc) is 2.29. The van der Waals surface area contributed by atoms with E-state index >= 15 is 0 Å². The van der Waals surface area contributed by atoms with E-state index in [0.29, 0.717) is 23.6 Å². The van der Waals surface area contributed by atoms with Crippen LogP contribution in [0, 0.1) is 19.3 Å². The topological polar surface area (TPSA) is 49.3 Å². The number of hydrogen-bond donors (Lipinski definition) is 2. The molecule has 4 heteroatoms. The lowest BCUT2D eigenvalue weighted by Crippen LogP contribution is -2.35. The molecule has 0 spiro atoms. The second-order valence-corrected chi connectivity index (χ2v) is 6.72. The Morgan fingerprint density at radius 2 is 1.90 bits per heavy atom. The molecule has 0 saturated heterocycles. The van der Waals surface area contributed by atoms with Crippen molar-refractivity contribution in [2.24, 2.45) is 5.41 Å². The molecule has 0 aliphatic rings. The molecule has 3 nitrogen and oxygen atoms in total. The molecule has 1 amide bonds. The number of hydrogen-bond acceptors (Lipinski definition) is 2. The minimum absolute atomic E-state index is 0.157. The molecule has 0 heterocycles. The van der Waals surface area contributed by atoms with Crippen LogP contribution in [0.4, 0.5) is 0 Å². The molecule has 112 valence electrons. The molecule has 1 unspecified atom stereocenters. The summed E-state index contributed by atoms with van der Waals surface area (Å²) in [6, 6.07) is 3.63. The molecular weight excluding hydrogens is 274 g/mol. The highest BCUT2D eigenvalue weighted by molar-refractivity contribution is 6.34. The fraction of sp³-hybridized carbons (Fsp3) is 0.562. The van der Waals surface area contributed by atoms with E-state index in [2.05, 4.69) is 5.32 Å². The molecule has 0 aliphatic heterocycles. The maximum Gasteiger partial charge on any atom is 0.252 e. The van der Waals surface area contributed by atoms with Gasteiger partial charge in [0.2, 0.25) is 0 Å². The van der Waals surface area contributed by atoms with Crippen LogP contribution in [0.5, 0.6) is 0 Å². The third kappa shape index (κ3) is 4.80. The van der Waals surface area contributed by atoms with Gasteiger partial charge >= 0.3 is 0 Å². The van der Waals surface area contributed by atoms with E-state index < -0.39 is 0 Å². The minimum atomic E-state index is -0.382. The Kier molecular flexibility index (Phi) is 5.60. The van der Waals surface area contributed by atoms with Crippen molar-refractivity contribution >= 4 is 17.5 Å². The lowest BCUT2D eigenvalue weighted by molar-refractivity contribution is 0.0902. The number of aryl methyl sites for hydroxylation is 2. The predicted molar refractivity (Wildman–Crippen MR) is 83.3 cm³/mol. The second-order valence-electron chi connectivity index (χ2n) is 6.32. The smallest absolute Gasteiger partial charge is 0.252 e. The minimum Gasteiger partial charge on any atom is -0.393 e. The maximum absolute atomic E-state index is 12.2. The number of aliphatic hydroxyl groups is 1. The summed E-state index contributed by atoms with van der Waals surface area (Å²) < 4.78 is 0. The van der Waals surface area contributed by atoms with Crippen molar-refractivity contribution in [2.45, 2.75) is 47.1 Å². The van der Waals surface area contributed by atoms with E-state index in [9.17, 15) is 9.90 Å². The monoisotopic (exact) mass is 297 g/mol. The van der Waals surface area contributed by atoms with Crippen molar-refractivity contribution in [3.05, 3.63) is 33.8 Å². The molecule has 2 N–H and O–H groups in total. The lowest BCUT2D eigenvalue weighted by atomic mass is 9.87. The zero-order valence-corrected chi connectivity index (χ0v) is 13.6. The van der Waals surface area contributed by atoms with Gasteiger partial charge in [-0.25, -0.2) is 0 Å². The molecule has 0 aromatic heterocycles. The number of carbonyl (C=O) groups excluding carboxylic acids is 1. The molecule has 0 aliphatic carbocycles. The van der Waals surface area contributed by atoms with Gasteiger partial charge in [0, 0.05) is 6.54 Å². The Labute approximate surface area is 126 Å². The third-order valence-electron chi connectivity index (χ3n) is 3.40. The first kappa shape index (κ1) is 17.0. The summed E-state index contributed by atoms with van der Waals surface area (Å²) >= 11 is 6.13. The number of aliphatic hydroxyl groups excluding tert-OH is 1. The summed E-state index contributed by atoms with van der Waals surface area (Å²) in [4.78, 5) is 12.2. The van der Waals surface area contributed by atoms with Crippen molar-refractivity contribution < 1.29 is 9.90 Å². The fourth-order valence-electron chi connectivity index (χ4n) is 2.24. The van der Waals surface area contributed by atoms with E-state index in [1.807, 2.05) is 39.8 Å². The van der Waals surface area contributed by atoms with Crippen LogP contribution in [-0.2, 0) is 0 Å². The number of benzene rings is 1. The van der Waals surface area contributed by atoms with E-state index in [-0.39, 0.29) is 17.4 Å². The standard InChI is InChI=1S/C16H24ClNO2/c1-10-6-13(14(17)7-11(10)2)15(20)18-9-16(4,5)8-12(3)19/h6-7,12,19H,8-9H2,1-5H3,(H,18,20). The van der Waals surface area contributed by atoms with E-state index in [4.69, 9.17) is 11.6 Å². The summed E-state index contributed by atoms with van der Waals surface area (Å²) in [6.07, 6.45) is 0.251. The van der Waals surface area contributed by atoms with Crippen LogP contribution in [0.25, 0.3) is 0 Å². The van der Waals surface area contributed by atoms with Gasteiger partial charge in [-0.3, -0.25) is 4.79 Å². The van der Waals surface area contributed by atoms with Crippen LogP contribution in [-0.4, -0.2) is 23.7 Å². The van der Waals surface area contributed by atoms with E-state index in [0.717, 1.165) is 11.1 Å². The largest absolute Gasteiger partial charge is 0.393 e. The highest BCUT2D eigenvalue weighted by atomic mass is 35.5. The normalized spacial score (nSPS) is 13.2. The van der Waals surface area contributed by atoms with Gasteiger partial charge in [-0.05, 0) is 55.9 Å². The first-order chi connectivity index (χ1) is 9.12. The molecule has 0 bridgehead atoms. The van der Waals surface area contributed by atoms with Crippen molar-refractivity contribution in [3.63, 3.8) is 0 Å². The molecule has 0 fully saturated rings. The number of amides is 1. The summed E-state index contributed by atoms with van der Waals surface area (Å²) in [7, 11) is 0. The Morgan fingerprint density at radius 3 is 2.45 bits per heavy atom. The zero-order valence-electron chi connectivity index (χ0n) is 12.9. The van der Waals surface area contributed by atoms with Gasteiger partial charge in [0.15, 0.2) is 0 Å². The van der Waals surface area contributed by atoms with Crippen molar-refractivity contribution in [1.29, 1.82) is 0 Å². The molecule has 0 saturated carbocycles. The first-order valence-corrected chi connectivity index (χ1v) is 7.23. The first-order valence-electron chi connectivity index (χ1n) is 6.85. The van der Waals surface area contributed by atoms with Gasteiger partial charge in [0.25, 0.3) is 5.91 Å². The molecule has 0 radical (unpaired) electrons. The van der Waals surface area contributed by atoms with Crippen LogP contribution in [0.1, 0.15) is 48.7 Å². The second kappa shape index (κ2) is 6.59. The molecule has 1 rings (SSSR count). The van der Waals surface area contributed by atoms with Crippen LogP contribution in [0.15, 0.2) is 12.1 Å². The Hall–Kier alpha value is -1.06. The van der Waals surface area contributed by atoms with Crippen LogP contribution < -0.4 is 5.32 Å². The number of halogens is 1. The SMILES string of the molecule is Cc1cc(Cl)c(C(=O)NCC(C)(C)CC(C)O)cc1C. The molecule has 20 heavy (non-hydrogen) atoms. The van der Waals surface area contributed by atoms with Gasteiger partial charge in [-0.2, -0.15) is 0 Å². The molecule has 1 aromatic rings. The quantitative estimate of drug-likeness (QED) is 0.874. The van der Waals surface area contributed by atoms with E-state index in [1.165, 1.54) is 0 Å². The van der Waals surface area contributed by atoms with Crippen LogP contribution >= 0.6 is 11.6 Å². The fourth-order valence-corrected chi connectivity index (χ4v) is 2.55. The van der Waals surface area contributed by atoms with Gasteiger partial charge < -0.3 is 10.4 Å². The Balaban J connectivity index is 2.75. The van der Waals surface area contributed by atoms with Crippen molar-refractivity contribution in [3.8, 4) is 0 Å². The molecule has 1 atom stereocenters. The summed E-state index contributed by atoms with van der Waals surface area (Å²) in [5.41, 5.74) is 2.46. The zero-order chi connectivity index (χ0) is 15.5. The number of rotatable bonds is 5. The van der Waals surface area contributed by atoms with Crippen molar-refractivity contribution in [1.82, 2.24) is 5.32 Å². The van der Waals surface area contributed by atoms with Crippen LogP contribution in [0.2, 0.25) is 5.02 Å². The highest BCUT2D eigenvalue weighted by Crippen LogP contribution is 2.23. The maximum atomic E-state index is 12.2. The summed E-state index contributed by atoms with van der Waals surface area (Å²) in [6.45, 7) is 10.2. The molecular formula is C16H24ClNO2. The average molecular weight is 298 g/mol. The highest BCUT2D eigenvalue weighted by Gasteiger charge is 2.22. The van der Waals surface area contributed by atoms with Gasteiger partial charge in [0.1, 0.15) is 0 Å². The van der Waals surface area contributed by atoms with Gasteiger partial charge in [-0.15, -0.1) is 0 Å². The van der Waals surface area contributed by atoms with Gasteiger partial charge in [0.05, 0.1) is 16.7 Å². The lowest BCUT2D eigenvalue weighted by Gasteiger charge is -2.26.